The van der Waals surface area contributed by atoms with Crippen LogP contribution in [0.25, 0.3) is 11.1 Å². The molecule has 0 bridgehead atoms. The summed E-state index contributed by atoms with van der Waals surface area (Å²) in [6.45, 7) is 0. The Balaban J connectivity index is 2.54. The van der Waals surface area contributed by atoms with Gasteiger partial charge in [0.2, 0.25) is 0 Å². The molecule has 110 valence electrons. The topological polar surface area (TPSA) is 66.0 Å². The zero-order chi connectivity index (χ0) is 16.3. The number of benzene rings is 2. The third-order valence-electron chi connectivity index (χ3n) is 2.63. The quantitative estimate of drug-likeness (QED) is 0.648. The van der Waals surface area contributed by atoms with Gasteiger partial charge in [0.25, 0.3) is 12.5 Å². The van der Waals surface area contributed by atoms with E-state index in [0.717, 1.165) is 0 Å². The average molecular weight is 374 g/mol. The van der Waals surface area contributed by atoms with E-state index in [2.05, 4.69) is 0 Å². The van der Waals surface area contributed by atoms with E-state index in [1.807, 2.05) is 0 Å². The molecule has 0 heterocycles. The van der Waals surface area contributed by atoms with Gasteiger partial charge in [-0.3, -0.25) is 0 Å². The molecule has 0 saturated heterocycles. The normalized spacial score (nSPS) is 9.73. The summed E-state index contributed by atoms with van der Waals surface area (Å²) in [5.41, 5.74) is 1.21. The van der Waals surface area contributed by atoms with Crippen molar-refractivity contribution in [3.05, 3.63) is 44.4 Å². The van der Waals surface area contributed by atoms with Gasteiger partial charge in [0.15, 0.2) is 11.5 Å². The minimum absolute atomic E-state index is 0.0659. The van der Waals surface area contributed by atoms with Crippen molar-refractivity contribution in [3.8, 4) is 35.1 Å². The van der Waals surface area contributed by atoms with E-state index in [1.165, 1.54) is 12.5 Å². The zero-order valence-corrected chi connectivity index (χ0v) is 13.6. The van der Waals surface area contributed by atoms with Crippen LogP contribution in [0.2, 0.25) is 20.1 Å². The third kappa shape index (κ3) is 3.32. The fourth-order valence-corrected chi connectivity index (χ4v) is 2.87. The molecule has 2 aromatic rings. The highest BCUT2D eigenvalue weighted by Crippen LogP contribution is 2.41. The molecule has 0 aliphatic carbocycles. The highest BCUT2D eigenvalue weighted by Gasteiger charge is 2.15. The van der Waals surface area contributed by atoms with E-state index in [1.54, 1.807) is 24.3 Å². The lowest BCUT2D eigenvalue weighted by Gasteiger charge is -2.10. The minimum Gasteiger partial charge on any atom is -0.385 e. The Kier molecular flexibility index (Phi) is 5.24. The van der Waals surface area contributed by atoms with Crippen LogP contribution >= 0.6 is 46.4 Å². The Bertz CT molecular complexity index is 709. The van der Waals surface area contributed by atoms with Gasteiger partial charge in [-0.2, -0.15) is 0 Å². The van der Waals surface area contributed by atoms with Crippen LogP contribution in [-0.2, 0) is 0 Å². The summed E-state index contributed by atoms with van der Waals surface area (Å²) in [6, 6.07) is 6.19. The highest BCUT2D eigenvalue weighted by molar-refractivity contribution is 6.38. The third-order valence-corrected chi connectivity index (χ3v) is 3.75. The molecule has 0 spiro atoms. The van der Waals surface area contributed by atoms with Crippen LogP contribution < -0.4 is 9.47 Å². The largest absolute Gasteiger partial charge is 0.385 e. The Labute approximate surface area is 145 Å². The molecule has 0 radical (unpaired) electrons. The van der Waals surface area contributed by atoms with Crippen molar-refractivity contribution in [1.82, 2.24) is 0 Å². The van der Waals surface area contributed by atoms with E-state index in [0.29, 0.717) is 11.1 Å². The first-order chi connectivity index (χ1) is 10.5. The molecule has 8 heteroatoms. The van der Waals surface area contributed by atoms with Crippen LogP contribution in [-0.4, -0.2) is 0 Å². The van der Waals surface area contributed by atoms with Gasteiger partial charge in [-0.1, -0.05) is 46.4 Å². The second kappa shape index (κ2) is 6.96. The predicted octanol–water partition coefficient (Wildman–Crippen LogP) is 5.69. The molecule has 4 nitrogen and oxygen atoms in total. The summed E-state index contributed by atoms with van der Waals surface area (Å²) in [6.07, 6.45) is 3.01. The first kappa shape index (κ1) is 16.5. The summed E-state index contributed by atoms with van der Waals surface area (Å²) in [5.74, 6) is 0.132. The number of halogens is 4. The number of nitriles is 2. The maximum Gasteiger partial charge on any atom is 0.292 e. The minimum atomic E-state index is 0.0659. The zero-order valence-electron chi connectivity index (χ0n) is 10.5. The van der Waals surface area contributed by atoms with E-state index in [4.69, 9.17) is 66.4 Å². The molecule has 0 saturated carbocycles. The first-order valence-corrected chi connectivity index (χ1v) is 7.09. The van der Waals surface area contributed by atoms with Crippen molar-refractivity contribution in [2.75, 3.05) is 0 Å². The average Bonchev–Trinajstić information content (AvgIpc) is 2.46. The predicted molar refractivity (Wildman–Crippen MR) is 84.4 cm³/mol. The molecule has 0 fully saturated rings. The standard InChI is InChI=1S/C14H4Cl4N2O2/c15-9-1-7(2-10(16)13(9)21-5-19)8-3-11(17)14(22-6-20)12(18)4-8/h1-4H. The molecule has 0 unspecified atom stereocenters. The molecule has 0 aliphatic rings. The maximum absolute atomic E-state index is 8.54. The van der Waals surface area contributed by atoms with E-state index in [9.17, 15) is 0 Å². The fourth-order valence-electron chi connectivity index (χ4n) is 1.74. The molecule has 2 rings (SSSR count). The molecular formula is C14H4Cl4N2O2. The van der Waals surface area contributed by atoms with Gasteiger partial charge in [0.1, 0.15) is 0 Å². The van der Waals surface area contributed by atoms with Crippen molar-refractivity contribution < 1.29 is 9.47 Å². The molecule has 0 N–H and O–H groups in total. The summed E-state index contributed by atoms with van der Waals surface area (Å²) in [5, 5.41) is 17.7. The SMILES string of the molecule is N#COc1c(Cl)cc(-c2cc(Cl)c(OC#N)c(Cl)c2)cc1Cl. The van der Waals surface area contributed by atoms with Gasteiger partial charge in [-0.25, -0.2) is 0 Å². The summed E-state index contributed by atoms with van der Waals surface area (Å²) in [4.78, 5) is 0. The van der Waals surface area contributed by atoms with Crippen LogP contribution in [0, 0.1) is 23.0 Å². The van der Waals surface area contributed by atoms with Crippen LogP contribution in [0.1, 0.15) is 0 Å². The lowest BCUT2D eigenvalue weighted by atomic mass is 10.1. The Morgan fingerprint density at radius 1 is 0.636 bits per heavy atom. The molecule has 0 aromatic heterocycles. The second-order valence-electron chi connectivity index (χ2n) is 3.92. The summed E-state index contributed by atoms with van der Waals surface area (Å²) < 4.78 is 9.38. The summed E-state index contributed by atoms with van der Waals surface area (Å²) in [7, 11) is 0. The van der Waals surface area contributed by atoms with Crippen molar-refractivity contribution in [2.45, 2.75) is 0 Å². The molecule has 0 amide bonds. The number of hydrogen-bond acceptors (Lipinski definition) is 4. The highest BCUT2D eigenvalue weighted by atomic mass is 35.5. The van der Waals surface area contributed by atoms with Crippen LogP contribution in [0.15, 0.2) is 24.3 Å². The fraction of sp³-hybridized carbons (Fsp3) is 0. The molecule has 0 atom stereocenters. The van der Waals surface area contributed by atoms with Crippen LogP contribution in [0.4, 0.5) is 0 Å². The van der Waals surface area contributed by atoms with Crippen molar-refractivity contribution in [2.24, 2.45) is 0 Å². The number of hydrogen-bond donors (Lipinski definition) is 0. The van der Waals surface area contributed by atoms with Crippen LogP contribution in [0.5, 0.6) is 11.5 Å². The van der Waals surface area contributed by atoms with E-state index < -0.39 is 0 Å². The van der Waals surface area contributed by atoms with Gasteiger partial charge in [0, 0.05) is 0 Å². The second-order valence-corrected chi connectivity index (χ2v) is 5.55. The van der Waals surface area contributed by atoms with E-state index >= 15 is 0 Å². The molecule has 22 heavy (non-hydrogen) atoms. The lowest BCUT2D eigenvalue weighted by Crippen LogP contribution is -1.89. The summed E-state index contributed by atoms with van der Waals surface area (Å²) >= 11 is 24.1. The number of ether oxygens (including phenoxy) is 2. The Hall–Kier alpha value is -1.82. The first-order valence-electron chi connectivity index (χ1n) is 5.58. The van der Waals surface area contributed by atoms with Gasteiger partial charge in [-0.15, -0.1) is 10.5 Å². The van der Waals surface area contributed by atoms with Gasteiger partial charge < -0.3 is 9.47 Å². The van der Waals surface area contributed by atoms with Gasteiger partial charge in [0.05, 0.1) is 20.1 Å². The van der Waals surface area contributed by atoms with Crippen molar-refractivity contribution in [3.63, 3.8) is 0 Å². The van der Waals surface area contributed by atoms with E-state index in [-0.39, 0.29) is 31.6 Å². The molecule has 2 aromatic carbocycles. The Morgan fingerprint density at radius 3 is 1.14 bits per heavy atom. The monoisotopic (exact) mass is 372 g/mol. The lowest BCUT2D eigenvalue weighted by molar-refractivity contribution is 0.507. The van der Waals surface area contributed by atoms with Crippen molar-refractivity contribution in [1.29, 1.82) is 10.5 Å². The number of nitrogens with zero attached hydrogens (tertiary/aromatic N) is 2. The van der Waals surface area contributed by atoms with Gasteiger partial charge in [-0.05, 0) is 35.4 Å². The molecular weight excluding hydrogens is 370 g/mol. The van der Waals surface area contributed by atoms with Crippen molar-refractivity contribution >= 4 is 46.4 Å². The smallest absolute Gasteiger partial charge is 0.292 e. The molecule has 0 aliphatic heterocycles. The number of rotatable bonds is 3. The maximum atomic E-state index is 8.54. The Morgan fingerprint density at radius 2 is 0.909 bits per heavy atom. The van der Waals surface area contributed by atoms with Crippen LogP contribution in [0.3, 0.4) is 0 Å². The van der Waals surface area contributed by atoms with Gasteiger partial charge >= 0.3 is 0 Å².